The van der Waals surface area contributed by atoms with Crippen LogP contribution in [0.25, 0.3) is 11.0 Å². The number of piperidine rings is 1. The van der Waals surface area contributed by atoms with Crippen molar-refractivity contribution < 1.29 is 4.79 Å². The Bertz CT molecular complexity index is 689. The molecule has 4 rings (SSSR count). The van der Waals surface area contributed by atoms with E-state index in [1.165, 1.54) is 19.4 Å². The standard InChI is InChI=1S/C18H24N4O.ClH/c23-17(10-14-12-21-18-16(14)2-1-7-19-18)22-8-5-15(6-9-22)20-11-13-3-4-13;/h1-2,7,12-13,15,20H,3-6,8-11H2,(H,19,21);1H. The van der Waals surface area contributed by atoms with Crippen molar-refractivity contribution in [2.45, 2.75) is 38.1 Å². The largest absolute Gasteiger partial charge is 0.346 e. The van der Waals surface area contributed by atoms with Crippen LogP contribution in [0.15, 0.2) is 24.5 Å². The summed E-state index contributed by atoms with van der Waals surface area (Å²) in [6, 6.07) is 4.54. The molecule has 3 heterocycles. The number of nitrogens with one attached hydrogen (secondary N) is 2. The molecule has 0 bridgehead atoms. The highest BCUT2D eigenvalue weighted by Crippen LogP contribution is 2.28. The number of fused-ring (bicyclic) bond motifs is 1. The lowest BCUT2D eigenvalue weighted by Crippen LogP contribution is -2.45. The van der Waals surface area contributed by atoms with Crippen LogP contribution in [0.4, 0.5) is 0 Å². The lowest BCUT2D eigenvalue weighted by atomic mass is 10.0. The predicted molar refractivity (Wildman–Crippen MR) is 97.4 cm³/mol. The van der Waals surface area contributed by atoms with E-state index >= 15 is 0 Å². The van der Waals surface area contributed by atoms with Crippen molar-refractivity contribution >= 4 is 29.3 Å². The van der Waals surface area contributed by atoms with Gasteiger partial charge in [-0.15, -0.1) is 12.4 Å². The Kier molecular flexibility index (Phi) is 5.41. The molecule has 1 aliphatic heterocycles. The van der Waals surface area contributed by atoms with Crippen LogP contribution in [0.3, 0.4) is 0 Å². The smallest absolute Gasteiger partial charge is 0.227 e. The maximum absolute atomic E-state index is 12.6. The highest BCUT2D eigenvalue weighted by atomic mass is 35.5. The number of carbonyl (C=O) groups excluding carboxylic acids is 1. The third-order valence-electron chi connectivity index (χ3n) is 5.12. The molecule has 1 aliphatic carbocycles. The van der Waals surface area contributed by atoms with E-state index < -0.39 is 0 Å². The molecule has 0 radical (unpaired) electrons. The van der Waals surface area contributed by atoms with E-state index in [9.17, 15) is 4.79 Å². The molecule has 2 N–H and O–H groups in total. The molecule has 5 nitrogen and oxygen atoms in total. The minimum atomic E-state index is 0. The summed E-state index contributed by atoms with van der Waals surface area (Å²) in [5.41, 5.74) is 1.91. The van der Waals surface area contributed by atoms with E-state index in [1.54, 1.807) is 6.20 Å². The van der Waals surface area contributed by atoms with Gasteiger partial charge in [0.25, 0.3) is 0 Å². The Morgan fingerprint density at radius 3 is 2.83 bits per heavy atom. The van der Waals surface area contributed by atoms with Gasteiger partial charge >= 0.3 is 0 Å². The summed E-state index contributed by atoms with van der Waals surface area (Å²) in [4.78, 5) is 22.0. The van der Waals surface area contributed by atoms with Gasteiger partial charge in [0.15, 0.2) is 0 Å². The van der Waals surface area contributed by atoms with Gasteiger partial charge in [-0.25, -0.2) is 4.98 Å². The molecule has 2 aliphatic rings. The summed E-state index contributed by atoms with van der Waals surface area (Å²) >= 11 is 0. The lowest BCUT2D eigenvalue weighted by Gasteiger charge is -2.32. The number of halogens is 1. The van der Waals surface area contributed by atoms with Crippen LogP contribution in [-0.4, -0.2) is 46.5 Å². The minimum absolute atomic E-state index is 0. The molecular formula is C18H25ClN4O. The molecule has 6 heteroatoms. The van der Waals surface area contributed by atoms with E-state index in [0.29, 0.717) is 12.5 Å². The van der Waals surface area contributed by atoms with Gasteiger partial charge in [0.05, 0.1) is 6.42 Å². The normalized spacial score (nSPS) is 18.6. The molecule has 2 aromatic rings. The molecule has 1 amide bonds. The number of amides is 1. The van der Waals surface area contributed by atoms with Crippen LogP contribution < -0.4 is 5.32 Å². The second-order valence-corrected chi connectivity index (χ2v) is 6.90. The molecular weight excluding hydrogens is 324 g/mol. The Balaban J connectivity index is 0.00000169. The first-order chi connectivity index (χ1) is 11.3. The number of carbonyl (C=O) groups is 1. The van der Waals surface area contributed by atoms with E-state index in [4.69, 9.17) is 0 Å². The zero-order valence-electron chi connectivity index (χ0n) is 13.8. The molecule has 0 unspecified atom stereocenters. The first kappa shape index (κ1) is 17.2. The topological polar surface area (TPSA) is 61.0 Å². The second-order valence-electron chi connectivity index (χ2n) is 6.90. The summed E-state index contributed by atoms with van der Waals surface area (Å²) in [6.07, 6.45) is 9.09. The monoisotopic (exact) mass is 348 g/mol. The van der Waals surface area contributed by atoms with E-state index in [1.807, 2.05) is 23.2 Å². The zero-order valence-corrected chi connectivity index (χ0v) is 14.6. The summed E-state index contributed by atoms with van der Waals surface area (Å²) in [5, 5.41) is 4.72. The fourth-order valence-corrected chi connectivity index (χ4v) is 3.42. The summed E-state index contributed by atoms with van der Waals surface area (Å²) < 4.78 is 0. The van der Waals surface area contributed by atoms with Gasteiger partial charge in [-0.3, -0.25) is 4.79 Å². The van der Waals surface area contributed by atoms with E-state index in [-0.39, 0.29) is 18.3 Å². The molecule has 1 saturated carbocycles. The maximum atomic E-state index is 12.6. The predicted octanol–water partition coefficient (Wildman–Crippen LogP) is 2.52. The van der Waals surface area contributed by atoms with Crippen LogP contribution >= 0.6 is 12.4 Å². The Labute approximate surface area is 148 Å². The quantitative estimate of drug-likeness (QED) is 0.872. The summed E-state index contributed by atoms with van der Waals surface area (Å²) in [6.45, 7) is 2.92. The number of aromatic amines is 1. The molecule has 24 heavy (non-hydrogen) atoms. The molecule has 2 fully saturated rings. The fourth-order valence-electron chi connectivity index (χ4n) is 3.42. The number of rotatable bonds is 5. The van der Waals surface area contributed by atoms with Gasteiger partial charge < -0.3 is 15.2 Å². The molecule has 2 aromatic heterocycles. The minimum Gasteiger partial charge on any atom is -0.346 e. The average molecular weight is 349 g/mol. The lowest BCUT2D eigenvalue weighted by molar-refractivity contribution is -0.131. The first-order valence-electron chi connectivity index (χ1n) is 8.72. The van der Waals surface area contributed by atoms with Crippen molar-refractivity contribution in [3.8, 4) is 0 Å². The molecule has 1 saturated heterocycles. The van der Waals surface area contributed by atoms with Crippen LogP contribution in [0.2, 0.25) is 0 Å². The second kappa shape index (κ2) is 7.53. The average Bonchev–Trinajstić information content (AvgIpc) is 3.34. The molecule has 0 atom stereocenters. The first-order valence-corrected chi connectivity index (χ1v) is 8.72. The van der Waals surface area contributed by atoms with Gasteiger partial charge in [0, 0.05) is 36.9 Å². The number of nitrogens with zero attached hydrogens (tertiary/aromatic N) is 2. The summed E-state index contributed by atoms with van der Waals surface area (Å²) in [5.74, 6) is 1.15. The SMILES string of the molecule is Cl.O=C(Cc1c[nH]c2ncccc12)N1CCC(NCC2CC2)CC1. The molecule has 0 spiro atoms. The Morgan fingerprint density at radius 2 is 2.08 bits per heavy atom. The van der Waals surface area contributed by atoms with E-state index in [2.05, 4.69) is 15.3 Å². The number of H-pyrrole nitrogens is 1. The van der Waals surface area contributed by atoms with Crippen LogP contribution in [0.5, 0.6) is 0 Å². The Morgan fingerprint density at radius 1 is 1.29 bits per heavy atom. The van der Waals surface area contributed by atoms with Crippen molar-refractivity contribution in [1.29, 1.82) is 0 Å². The third-order valence-corrected chi connectivity index (χ3v) is 5.12. The van der Waals surface area contributed by atoms with Gasteiger partial charge in [0.1, 0.15) is 5.65 Å². The highest BCUT2D eigenvalue weighted by Gasteiger charge is 2.26. The number of hydrogen-bond acceptors (Lipinski definition) is 3. The highest BCUT2D eigenvalue weighted by molar-refractivity contribution is 5.87. The van der Waals surface area contributed by atoms with Crippen molar-refractivity contribution in [3.05, 3.63) is 30.1 Å². The van der Waals surface area contributed by atoms with E-state index in [0.717, 1.165) is 48.4 Å². The van der Waals surface area contributed by atoms with Crippen molar-refractivity contribution in [2.75, 3.05) is 19.6 Å². The number of likely N-dealkylation sites (tertiary alicyclic amines) is 1. The van der Waals surface area contributed by atoms with Gasteiger partial charge in [-0.1, -0.05) is 0 Å². The van der Waals surface area contributed by atoms with Gasteiger partial charge in [-0.05, 0) is 55.8 Å². The number of pyridine rings is 1. The zero-order chi connectivity index (χ0) is 15.6. The van der Waals surface area contributed by atoms with Gasteiger partial charge in [-0.2, -0.15) is 0 Å². The van der Waals surface area contributed by atoms with Crippen molar-refractivity contribution in [1.82, 2.24) is 20.2 Å². The summed E-state index contributed by atoms with van der Waals surface area (Å²) in [7, 11) is 0. The Hall–Kier alpha value is -1.59. The van der Waals surface area contributed by atoms with Gasteiger partial charge in [0.2, 0.25) is 5.91 Å². The number of aromatic nitrogens is 2. The van der Waals surface area contributed by atoms with Crippen molar-refractivity contribution in [2.24, 2.45) is 5.92 Å². The van der Waals surface area contributed by atoms with Crippen LogP contribution in [0.1, 0.15) is 31.2 Å². The maximum Gasteiger partial charge on any atom is 0.227 e. The third kappa shape index (κ3) is 3.90. The van der Waals surface area contributed by atoms with Crippen molar-refractivity contribution in [3.63, 3.8) is 0 Å². The molecule has 130 valence electrons. The molecule has 0 aromatic carbocycles. The fraction of sp³-hybridized carbons (Fsp3) is 0.556. The van der Waals surface area contributed by atoms with Crippen LogP contribution in [0, 0.1) is 5.92 Å². The van der Waals surface area contributed by atoms with Crippen LogP contribution in [-0.2, 0) is 11.2 Å². The number of hydrogen-bond donors (Lipinski definition) is 2.